The number of aliphatic carboxylic acids is 2. The summed E-state index contributed by atoms with van der Waals surface area (Å²) in [6, 6.07) is 5.59. The van der Waals surface area contributed by atoms with Gasteiger partial charge in [-0.1, -0.05) is 48.2 Å². The first-order valence-corrected chi connectivity index (χ1v) is 9.85. The van der Waals surface area contributed by atoms with E-state index in [1.807, 2.05) is 12.1 Å². The summed E-state index contributed by atoms with van der Waals surface area (Å²) in [7, 11) is 0. The molecule has 0 amide bonds. The average molecular weight is 409 g/mol. The van der Waals surface area contributed by atoms with Crippen LogP contribution in [0.1, 0.15) is 37.7 Å². The lowest BCUT2D eigenvalue weighted by atomic mass is 10.0. The van der Waals surface area contributed by atoms with Crippen molar-refractivity contribution in [2.24, 2.45) is 0 Å². The van der Waals surface area contributed by atoms with E-state index in [1.165, 1.54) is 11.8 Å². The summed E-state index contributed by atoms with van der Waals surface area (Å²) < 4.78 is 0. The van der Waals surface area contributed by atoms with Gasteiger partial charge in [0, 0.05) is 5.75 Å². The number of rotatable bonds is 12. The molecule has 0 saturated heterocycles. The lowest BCUT2D eigenvalue weighted by Crippen LogP contribution is -2.43. The van der Waals surface area contributed by atoms with Crippen LogP contribution in [-0.4, -0.2) is 44.4 Å². The highest BCUT2D eigenvalue weighted by atomic mass is 35.5. The Bertz CT molecular complexity index is 596. The summed E-state index contributed by atoms with van der Waals surface area (Å²) >= 11 is 13.4. The van der Waals surface area contributed by atoms with Gasteiger partial charge < -0.3 is 15.3 Å². The number of aliphatic hydroxyl groups is 1. The second-order valence-electron chi connectivity index (χ2n) is 5.84. The van der Waals surface area contributed by atoms with E-state index >= 15 is 0 Å². The number of hydrogen-bond donors (Lipinski definition) is 3. The Morgan fingerprint density at radius 2 is 1.76 bits per heavy atom. The molecule has 0 fully saturated rings. The third-order valence-electron chi connectivity index (χ3n) is 3.70. The van der Waals surface area contributed by atoms with Gasteiger partial charge in [-0.3, -0.25) is 4.79 Å². The maximum atomic E-state index is 11.0. The minimum Gasteiger partial charge on any atom is -0.481 e. The molecule has 1 aromatic carbocycles. The highest BCUT2D eigenvalue weighted by Crippen LogP contribution is 2.27. The van der Waals surface area contributed by atoms with Crippen molar-refractivity contribution in [1.82, 2.24) is 0 Å². The quantitative estimate of drug-likeness (QED) is 0.450. The minimum absolute atomic E-state index is 0.132. The first-order chi connectivity index (χ1) is 11.8. The number of unbranched alkanes of at least 4 members (excludes halogenated alkanes) is 3. The van der Waals surface area contributed by atoms with E-state index < -0.39 is 24.0 Å². The second kappa shape index (κ2) is 10.9. The van der Waals surface area contributed by atoms with Gasteiger partial charge in [0.05, 0.1) is 16.5 Å². The number of hydrogen-bond acceptors (Lipinski definition) is 4. The lowest BCUT2D eigenvalue weighted by molar-refractivity contribution is -0.162. The summed E-state index contributed by atoms with van der Waals surface area (Å²) in [5.41, 5.74) is -1.18. The predicted molar refractivity (Wildman–Crippen MR) is 101 cm³/mol. The van der Waals surface area contributed by atoms with E-state index in [1.54, 1.807) is 6.07 Å². The molecule has 8 heteroatoms. The van der Waals surface area contributed by atoms with Crippen molar-refractivity contribution in [3.05, 3.63) is 33.8 Å². The Hall–Kier alpha value is -0.950. The van der Waals surface area contributed by atoms with Gasteiger partial charge in [-0.15, -0.1) is 0 Å². The number of halogens is 2. The van der Waals surface area contributed by atoms with Crippen LogP contribution in [0.25, 0.3) is 0 Å². The van der Waals surface area contributed by atoms with E-state index in [9.17, 15) is 14.7 Å². The second-order valence-corrected chi connectivity index (χ2v) is 7.73. The summed E-state index contributed by atoms with van der Waals surface area (Å²) in [5.74, 6) is -2.29. The molecule has 140 valence electrons. The van der Waals surface area contributed by atoms with Gasteiger partial charge in [-0.05, 0) is 36.6 Å². The van der Waals surface area contributed by atoms with Crippen LogP contribution in [-0.2, 0) is 16.0 Å². The Kier molecular flexibility index (Phi) is 9.64. The van der Waals surface area contributed by atoms with Crippen molar-refractivity contribution >= 4 is 46.9 Å². The third kappa shape index (κ3) is 7.86. The fourth-order valence-corrected chi connectivity index (χ4v) is 3.82. The lowest BCUT2D eigenvalue weighted by Gasteiger charge is -2.20. The van der Waals surface area contributed by atoms with Crippen molar-refractivity contribution in [3.63, 3.8) is 0 Å². The Labute approximate surface area is 161 Å². The van der Waals surface area contributed by atoms with Crippen LogP contribution in [0.3, 0.4) is 0 Å². The molecule has 3 N–H and O–H groups in total. The molecule has 1 rings (SSSR count). The Morgan fingerprint density at radius 3 is 2.40 bits per heavy atom. The highest BCUT2D eigenvalue weighted by Gasteiger charge is 2.38. The van der Waals surface area contributed by atoms with Crippen LogP contribution in [0.5, 0.6) is 0 Å². The standard InChI is InChI=1S/C17H22Cl2O5S/c18-13-8-5-7-12(15(13)19)6-3-1-2-4-9-25-11-17(24,16(22)23)10-14(20)21/h5,7-8,24H,1-4,6,9-11H2,(H,20,21)(H,22,23). The first kappa shape index (κ1) is 22.1. The average Bonchev–Trinajstić information content (AvgIpc) is 2.53. The predicted octanol–water partition coefficient (Wildman–Crippen LogP) is 4.12. The summed E-state index contributed by atoms with van der Waals surface area (Å²) in [4.78, 5) is 21.6. The molecular weight excluding hydrogens is 387 g/mol. The highest BCUT2D eigenvalue weighted by molar-refractivity contribution is 7.99. The van der Waals surface area contributed by atoms with Gasteiger partial charge in [-0.2, -0.15) is 11.8 Å². The number of carboxylic acid groups (broad SMARTS) is 2. The van der Waals surface area contributed by atoms with Gasteiger partial charge in [0.1, 0.15) is 0 Å². The Morgan fingerprint density at radius 1 is 1.08 bits per heavy atom. The maximum Gasteiger partial charge on any atom is 0.337 e. The van der Waals surface area contributed by atoms with Gasteiger partial charge in [0.25, 0.3) is 0 Å². The molecule has 1 atom stereocenters. The van der Waals surface area contributed by atoms with E-state index in [0.29, 0.717) is 15.8 Å². The molecule has 1 unspecified atom stereocenters. The van der Waals surface area contributed by atoms with Crippen LogP contribution < -0.4 is 0 Å². The van der Waals surface area contributed by atoms with E-state index in [4.69, 9.17) is 33.4 Å². The third-order valence-corrected chi connectivity index (χ3v) is 5.82. The Balaban J connectivity index is 2.18. The normalized spacial score (nSPS) is 13.4. The molecule has 25 heavy (non-hydrogen) atoms. The maximum absolute atomic E-state index is 11.0. The molecule has 1 aromatic rings. The number of thioether (sulfide) groups is 1. The largest absolute Gasteiger partial charge is 0.481 e. The van der Waals surface area contributed by atoms with Crippen molar-refractivity contribution in [3.8, 4) is 0 Å². The fourth-order valence-electron chi connectivity index (χ4n) is 2.29. The van der Waals surface area contributed by atoms with Crippen LogP contribution in [0, 0.1) is 0 Å². The number of aryl methyl sites for hydroxylation is 1. The first-order valence-electron chi connectivity index (χ1n) is 7.94. The molecule has 0 radical (unpaired) electrons. The summed E-state index contributed by atoms with van der Waals surface area (Å²) in [5, 5.41) is 28.6. The molecule has 0 spiro atoms. The zero-order valence-corrected chi connectivity index (χ0v) is 16.0. The van der Waals surface area contributed by atoms with Crippen LogP contribution >= 0.6 is 35.0 Å². The van der Waals surface area contributed by atoms with Gasteiger partial charge in [0.15, 0.2) is 5.60 Å². The number of carbonyl (C=O) groups is 2. The molecule has 0 heterocycles. The molecule has 0 aromatic heterocycles. The molecule has 0 bridgehead atoms. The smallest absolute Gasteiger partial charge is 0.337 e. The van der Waals surface area contributed by atoms with Crippen LogP contribution in [0.15, 0.2) is 18.2 Å². The summed E-state index contributed by atoms with van der Waals surface area (Å²) in [6.45, 7) is 0. The fraction of sp³-hybridized carbons (Fsp3) is 0.529. The topological polar surface area (TPSA) is 94.8 Å². The van der Waals surface area contributed by atoms with Gasteiger partial charge in [-0.25, -0.2) is 4.79 Å². The van der Waals surface area contributed by atoms with Gasteiger partial charge in [0.2, 0.25) is 0 Å². The molecule has 0 aliphatic rings. The van der Waals surface area contributed by atoms with Crippen LogP contribution in [0.2, 0.25) is 10.0 Å². The van der Waals surface area contributed by atoms with Crippen molar-refractivity contribution < 1.29 is 24.9 Å². The summed E-state index contributed by atoms with van der Waals surface area (Å²) in [6.07, 6.45) is 3.87. The molecule has 0 aliphatic heterocycles. The number of carboxylic acids is 2. The van der Waals surface area contributed by atoms with Gasteiger partial charge >= 0.3 is 11.9 Å². The van der Waals surface area contributed by atoms with E-state index in [2.05, 4.69) is 0 Å². The molecular formula is C17H22Cl2O5S. The minimum atomic E-state index is -2.21. The zero-order valence-electron chi connectivity index (χ0n) is 13.7. The van der Waals surface area contributed by atoms with Crippen molar-refractivity contribution in [2.45, 2.75) is 44.1 Å². The molecule has 0 aliphatic carbocycles. The van der Waals surface area contributed by atoms with Crippen molar-refractivity contribution in [1.29, 1.82) is 0 Å². The van der Waals surface area contributed by atoms with Crippen LogP contribution in [0.4, 0.5) is 0 Å². The van der Waals surface area contributed by atoms with Crippen molar-refractivity contribution in [2.75, 3.05) is 11.5 Å². The number of benzene rings is 1. The SMILES string of the molecule is O=C(O)CC(O)(CSCCCCCCc1cccc(Cl)c1Cl)C(=O)O. The molecule has 5 nitrogen and oxygen atoms in total. The monoisotopic (exact) mass is 408 g/mol. The van der Waals surface area contributed by atoms with E-state index in [0.717, 1.165) is 37.7 Å². The van der Waals surface area contributed by atoms with E-state index in [-0.39, 0.29) is 5.75 Å². The zero-order chi connectivity index (χ0) is 18.9. The molecule has 0 saturated carbocycles.